The number of hydrogen-bond donors (Lipinski definition) is 1. The average molecular weight is 391 g/mol. The molecular weight excluding hydrogens is 368 g/mol. The van der Waals surface area contributed by atoms with Crippen molar-refractivity contribution in [2.45, 2.75) is 45.2 Å². The molecule has 0 aliphatic carbocycles. The van der Waals surface area contributed by atoms with Crippen LogP contribution >= 0.6 is 11.6 Å². The summed E-state index contributed by atoms with van der Waals surface area (Å²) < 4.78 is 30.6. The highest BCUT2D eigenvalue weighted by Crippen LogP contribution is 2.25. The third-order valence-corrected chi connectivity index (χ3v) is 6.64. The van der Waals surface area contributed by atoms with Gasteiger partial charge in [-0.25, -0.2) is 13.1 Å². The van der Waals surface area contributed by atoms with Crippen molar-refractivity contribution in [2.24, 2.45) is 0 Å². The molecular formula is C20H23ClN2O2S. The molecule has 3 rings (SSSR count). The van der Waals surface area contributed by atoms with Crippen molar-refractivity contribution in [1.82, 2.24) is 9.29 Å². The molecule has 0 bridgehead atoms. The van der Waals surface area contributed by atoms with E-state index in [2.05, 4.69) is 4.72 Å². The van der Waals surface area contributed by atoms with E-state index in [1.54, 1.807) is 0 Å². The number of halogens is 1. The van der Waals surface area contributed by atoms with Crippen molar-refractivity contribution < 1.29 is 8.42 Å². The van der Waals surface area contributed by atoms with Gasteiger partial charge in [0, 0.05) is 24.2 Å². The Morgan fingerprint density at radius 3 is 2.42 bits per heavy atom. The van der Waals surface area contributed by atoms with Gasteiger partial charge < -0.3 is 4.57 Å². The standard InChI is InChI=1S/C20H23ClN2O2S/c1-13-10-14(2)20(15(3)11-13)26(24,25)22-16(4)12-23-9-8-17-6-5-7-18(21)19(17)23/h5-11,16,22H,12H2,1-4H3. The van der Waals surface area contributed by atoms with Crippen LogP contribution in [0.3, 0.4) is 0 Å². The fourth-order valence-corrected chi connectivity index (χ4v) is 5.59. The van der Waals surface area contributed by atoms with Crippen LogP contribution < -0.4 is 4.72 Å². The minimum atomic E-state index is -3.60. The van der Waals surface area contributed by atoms with Crippen LogP contribution in [0.15, 0.2) is 47.5 Å². The van der Waals surface area contributed by atoms with Crippen molar-refractivity contribution in [1.29, 1.82) is 0 Å². The summed E-state index contributed by atoms with van der Waals surface area (Å²) in [6.07, 6.45) is 1.93. The number of hydrogen-bond acceptors (Lipinski definition) is 2. The van der Waals surface area contributed by atoms with Crippen LogP contribution in [0, 0.1) is 20.8 Å². The molecule has 0 spiro atoms. The molecule has 2 aromatic carbocycles. The van der Waals surface area contributed by atoms with E-state index in [0.29, 0.717) is 16.5 Å². The number of fused-ring (bicyclic) bond motifs is 1. The highest BCUT2D eigenvalue weighted by Gasteiger charge is 2.22. The first kappa shape index (κ1) is 19.0. The summed E-state index contributed by atoms with van der Waals surface area (Å²) in [5, 5.41) is 1.70. The molecule has 1 atom stereocenters. The van der Waals surface area contributed by atoms with Gasteiger partial charge in [0.25, 0.3) is 0 Å². The number of nitrogens with zero attached hydrogens (tertiary/aromatic N) is 1. The number of rotatable bonds is 5. The summed E-state index contributed by atoms with van der Waals surface area (Å²) in [4.78, 5) is 0.366. The highest BCUT2D eigenvalue weighted by atomic mass is 35.5. The summed E-state index contributed by atoms with van der Waals surface area (Å²) in [5.41, 5.74) is 3.50. The number of nitrogens with one attached hydrogen (secondary N) is 1. The van der Waals surface area contributed by atoms with Crippen LogP contribution in [0.4, 0.5) is 0 Å². The third kappa shape index (κ3) is 3.65. The van der Waals surface area contributed by atoms with Crippen LogP contribution in [-0.2, 0) is 16.6 Å². The zero-order chi connectivity index (χ0) is 19.1. The second-order valence-corrected chi connectivity index (χ2v) is 8.95. The summed E-state index contributed by atoms with van der Waals surface area (Å²) in [5.74, 6) is 0. The van der Waals surface area contributed by atoms with Crippen molar-refractivity contribution in [3.05, 3.63) is 64.3 Å². The average Bonchev–Trinajstić information content (AvgIpc) is 2.89. The molecule has 138 valence electrons. The molecule has 3 aromatic rings. The van der Waals surface area contributed by atoms with Crippen molar-refractivity contribution in [3.63, 3.8) is 0 Å². The third-order valence-electron chi connectivity index (χ3n) is 4.44. The molecule has 1 aromatic heterocycles. The van der Waals surface area contributed by atoms with E-state index >= 15 is 0 Å². The molecule has 0 amide bonds. The van der Waals surface area contributed by atoms with Crippen LogP contribution in [0.25, 0.3) is 10.9 Å². The summed E-state index contributed by atoms with van der Waals surface area (Å²) in [6.45, 7) is 7.99. The molecule has 1 unspecified atom stereocenters. The number of aromatic nitrogens is 1. The molecule has 1 N–H and O–H groups in total. The van der Waals surface area contributed by atoms with Crippen LogP contribution in [0.5, 0.6) is 0 Å². The quantitative estimate of drug-likeness (QED) is 0.692. The maximum Gasteiger partial charge on any atom is 0.241 e. The maximum atomic E-state index is 12.9. The minimum absolute atomic E-state index is 0.285. The Hall–Kier alpha value is -1.82. The monoisotopic (exact) mass is 390 g/mol. The first-order valence-corrected chi connectivity index (χ1v) is 10.4. The molecule has 26 heavy (non-hydrogen) atoms. The van der Waals surface area contributed by atoms with E-state index in [9.17, 15) is 8.42 Å². The molecule has 0 aliphatic heterocycles. The first-order chi connectivity index (χ1) is 12.2. The molecule has 0 fully saturated rings. The molecule has 0 saturated carbocycles. The zero-order valence-electron chi connectivity index (χ0n) is 15.4. The lowest BCUT2D eigenvalue weighted by molar-refractivity contribution is 0.526. The Bertz CT molecular complexity index is 1050. The lowest BCUT2D eigenvalue weighted by atomic mass is 10.1. The lowest BCUT2D eigenvalue weighted by Crippen LogP contribution is -2.36. The predicted molar refractivity (Wildman–Crippen MR) is 107 cm³/mol. The fraction of sp³-hybridized carbons (Fsp3) is 0.300. The Morgan fingerprint density at radius 1 is 1.12 bits per heavy atom. The molecule has 0 radical (unpaired) electrons. The molecule has 0 aliphatic rings. The molecule has 4 nitrogen and oxygen atoms in total. The van der Waals surface area contributed by atoms with Crippen LogP contribution in [0.1, 0.15) is 23.6 Å². The van der Waals surface area contributed by atoms with Gasteiger partial charge in [-0.3, -0.25) is 0 Å². The highest BCUT2D eigenvalue weighted by molar-refractivity contribution is 7.89. The van der Waals surface area contributed by atoms with Gasteiger partial charge >= 0.3 is 0 Å². The summed E-state index contributed by atoms with van der Waals surface area (Å²) in [7, 11) is -3.60. The summed E-state index contributed by atoms with van der Waals surface area (Å²) in [6, 6.07) is 11.2. The van der Waals surface area contributed by atoms with Gasteiger partial charge in [0.05, 0.1) is 15.4 Å². The van der Waals surface area contributed by atoms with Gasteiger partial charge in [0.15, 0.2) is 0 Å². The SMILES string of the molecule is Cc1cc(C)c(S(=O)(=O)NC(C)Cn2ccc3cccc(Cl)c32)c(C)c1. The van der Waals surface area contributed by atoms with Crippen molar-refractivity contribution in [3.8, 4) is 0 Å². The smallest absolute Gasteiger partial charge is 0.241 e. The van der Waals surface area contributed by atoms with E-state index in [-0.39, 0.29) is 6.04 Å². The second kappa shape index (κ2) is 7.06. The topological polar surface area (TPSA) is 51.1 Å². The van der Waals surface area contributed by atoms with E-state index in [1.165, 1.54) is 0 Å². The zero-order valence-corrected chi connectivity index (χ0v) is 16.9. The minimum Gasteiger partial charge on any atom is -0.345 e. The first-order valence-electron chi connectivity index (χ1n) is 8.52. The Kier molecular flexibility index (Phi) is 5.15. The van der Waals surface area contributed by atoms with E-state index in [1.807, 2.05) is 74.9 Å². The number of aryl methyl sites for hydroxylation is 3. The van der Waals surface area contributed by atoms with Gasteiger partial charge in [-0.05, 0) is 51.0 Å². The van der Waals surface area contributed by atoms with Gasteiger partial charge in [-0.15, -0.1) is 0 Å². The molecule has 1 heterocycles. The van der Waals surface area contributed by atoms with E-state index in [0.717, 1.165) is 27.6 Å². The van der Waals surface area contributed by atoms with Crippen LogP contribution in [0.2, 0.25) is 5.02 Å². The van der Waals surface area contributed by atoms with Gasteiger partial charge in [0.2, 0.25) is 10.0 Å². The van der Waals surface area contributed by atoms with Crippen molar-refractivity contribution >= 4 is 32.5 Å². The normalized spacial score (nSPS) is 13.3. The molecule has 6 heteroatoms. The maximum absolute atomic E-state index is 12.9. The van der Waals surface area contributed by atoms with Gasteiger partial charge in [-0.1, -0.05) is 41.4 Å². The number of para-hydroxylation sites is 1. The Balaban J connectivity index is 1.86. The largest absolute Gasteiger partial charge is 0.345 e. The summed E-state index contributed by atoms with van der Waals surface area (Å²) >= 11 is 6.31. The van der Waals surface area contributed by atoms with E-state index in [4.69, 9.17) is 11.6 Å². The van der Waals surface area contributed by atoms with Crippen molar-refractivity contribution in [2.75, 3.05) is 0 Å². The number of benzene rings is 2. The second-order valence-electron chi connectivity index (χ2n) is 6.90. The number of sulfonamides is 1. The Labute approximate surface area is 159 Å². The Morgan fingerprint density at radius 2 is 1.77 bits per heavy atom. The van der Waals surface area contributed by atoms with Gasteiger partial charge in [0.1, 0.15) is 0 Å². The molecule has 0 saturated heterocycles. The lowest BCUT2D eigenvalue weighted by Gasteiger charge is -2.18. The predicted octanol–water partition coefficient (Wildman–Crippen LogP) is 4.59. The fourth-order valence-electron chi connectivity index (χ4n) is 3.61. The van der Waals surface area contributed by atoms with Gasteiger partial charge in [-0.2, -0.15) is 0 Å². The van der Waals surface area contributed by atoms with Crippen LogP contribution in [-0.4, -0.2) is 19.0 Å². The van der Waals surface area contributed by atoms with E-state index < -0.39 is 10.0 Å².